The van der Waals surface area contributed by atoms with Gasteiger partial charge in [-0.05, 0) is 88.6 Å². The maximum atomic E-state index is 4.74. The summed E-state index contributed by atoms with van der Waals surface area (Å²) in [7, 11) is 0. The van der Waals surface area contributed by atoms with E-state index >= 15 is 0 Å². The summed E-state index contributed by atoms with van der Waals surface area (Å²) in [6, 6.07) is 13.4. The van der Waals surface area contributed by atoms with Crippen LogP contribution in [0.2, 0.25) is 0 Å². The van der Waals surface area contributed by atoms with Crippen molar-refractivity contribution in [1.29, 1.82) is 0 Å². The average molecular weight is 445 g/mol. The van der Waals surface area contributed by atoms with Crippen LogP contribution >= 0.6 is 24.4 Å². The minimum Gasteiger partial charge on any atom is -0.143 e. The molecule has 2 aromatic rings. The number of allylic oxidation sites excluding steroid dienone is 5. The smallest absolute Gasteiger partial charge is 0.0142 e. The van der Waals surface area contributed by atoms with Crippen molar-refractivity contribution >= 4 is 46.4 Å². The first-order valence-electron chi connectivity index (χ1n) is 11.0. The maximum absolute atomic E-state index is 4.74. The van der Waals surface area contributed by atoms with Crippen LogP contribution in [0, 0.1) is 0 Å². The zero-order chi connectivity index (χ0) is 22.1. The van der Waals surface area contributed by atoms with Gasteiger partial charge in [0.25, 0.3) is 0 Å². The molecule has 1 aliphatic rings. The van der Waals surface area contributed by atoms with E-state index in [9.17, 15) is 0 Å². The summed E-state index contributed by atoms with van der Waals surface area (Å²) in [5.74, 6) is 0. The molecule has 0 aliphatic heterocycles. The molecule has 0 N–H and O–H groups in total. The topological polar surface area (TPSA) is 0 Å². The number of thiol groups is 1. The predicted octanol–water partition coefficient (Wildman–Crippen LogP) is 7.15. The van der Waals surface area contributed by atoms with Crippen LogP contribution in [0.3, 0.4) is 0 Å². The summed E-state index contributed by atoms with van der Waals surface area (Å²) in [6.45, 7) is 6.08. The molecule has 0 saturated heterocycles. The molecule has 1 aliphatic carbocycles. The summed E-state index contributed by atoms with van der Waals surface area (Å²) in [5.41, 5.74) is 5.06. The quantitative estimate of drug-likeness (QED) is 0.243. The zero-order valence-corrected chi connectivity index (χ0v) is 20.3. The first kappa shape index (κ1) is 23.5. The second kappa shape index (κ2) is 12.0. The van der Waals surface area contributed by atoms with E-state index in [-0.39, 0.29) is 0 Å². The Balaban J connectivity index is 1.88. The van der Waals surface area contributed by atoms with Gasteiger partial charge in [-0.3, -0.25) is 0 Å². The Labute approximate surface area is 197 Å². The van der Waals surface area contributed by atoms with Crippen molar-refractivity contribution in [2.24, 2.45) is 0 Å². The highest BCUT2D eigenvalue weighted by atomic mass is 32.2. The molecule has 160 valence electrons. The summed E-state index contributed by atoms with van der Waals surface area (Å²) in [5, 5.41) is 2.53. The summed E-state index contributed by atoms with van der Waals surface area (Å²) in [6.07, 6.45) is 23.1. The number of fused-ring (bicyclic) bond motifs is 2. The van der Waals surface area contributed by atoms with Crippen molar-refractivity contribution in [1.82, 2.24) is 0 Å². The molecule has 0 amide bonds. The van der Waals surface area contributed by atoms with Gasteiger partial charge in [0, 0.05) is 9.81 Å². The normalized spacial score (nSPS) is 13.8. The van der Waals surface area contributed by atoms with E-state index in [1.807, 2.05) is 6.08 Å². The van der Waals surface area contributed by atoms with Crippen LogP contribution in [-0.2, 0) is 6.42 Å². The zero-order valence-electron chi connectivity index (χ0n) is 18.6. The highest BCUT2D eigenvalue weighted by Crippen LogP contribution is 2.28. The minimum absolute atomic E-state index is 0.936. The molecule has 0 unspecified atom stereocenters. The molecule has 0 nitrogen and oxygen atoms in total. The van der Waals surface area contributed by atoms with Gasteiger partial charge < -0.3 is 0 Å². The lowest BCUT2D eigenvalue weighted by Gasteiger charge is -2.08. The molecular weight excluding hydrogens is 412 g/mol. The molecule has 0 heterocycles. The summed E-state index contributed by atoms with van der Waals surface area (Å²) in [4.78, 5) is 2.24. The molecule has 2 heteroatoms. The van der Waals surface area contributed by atoms with Gasteiger partial charge in [-0.2, -0.15) is 0 Å². The van der Waals surface area contributed by atoms with Gasteiger partial charge in [0.05, 0.1) is 0 Å². The molecule has 0 aromatic heterocycles. The van der Waals surface area contributed by atoms with E-state index in [1.54, 1.807) is 11.8 Å². The molecule has 0 radical (unpaired) electrons. The Morgan fingerprint density at radius 2 is 1.90 bits per heavy atom. The van der Waals surface area contributed by atoms with Crippen molar-refractivity contribution in [3.8, 4) is 0 Å². The monoisotopic (exact) mass is 444 g/mol. The van der Waals surface area contributed by atoms with Gasteiger partial charge >= 0.3 is 0 Å². The van der Waals surface area contributed by atoms with Crippen LogP contribution in [0.5, 0.6) is 0 Å². The molecule has 3 rings (SSSR count). The van der Waals surface area contributed by atoms with Crippen molar-refractivity contribution in [2.75, 3.05) is 6.26 Å². The van der Waals surface area contributed by atoms with Gasteiger partial charge in [-0.15, -0.1) is 24.4 Å². The number of thioether (sulfide) groups is 1. The Morgan fingerprint density at radius 1 is 1.06 bits per heavy atom. The van der Waals surface area contributed by atoms with Crippen LogP contribution in [0.1, 0.15) is 54.9 Å². The molecule has 2 aromatic carbocycles. The van der Waals surface area contributed by atoms with Gasteiger partial charge in [0.2, 0.25) is 0 Å². The Bertz CT molecular complexity index is 1130. The fourth-order valence-electron chi connectivity index (χ4n) is 3.75. The third-order valence-electron chi connectivity index (χ3n) is 5.52. The van der Waals surface area contributed by atoms with Crippen LogP contribution in [-0.4, -0.2) is 6.26 Å². The first-order valence-corrected chi connectivity index (χ1v) is 12.7. The van der Waals surface area contributed by atoms with Crippen LogP contribution in [0.25, 0.3) is 22.0 Å². The molecule has 0 bridgehead atoms. The van der Waals surface area contributed by atoms with Crippen molar-refractivity contribution in [2.45, 2.75) is 39.0 Å². The van der Waals surface area contributed by atoms with Crippen LogP contribution < -0.4 is 10.4 Å². The number of benzene rings is 2. The average Bonchev–Trinajstić information content (AvgIpc) is 2.97. The van der Waals surface area contributed by atoms with Gasteiger partial charge in [-0.25, -0.2) is 0 Å². The number of hydrogen-bond donors (Lipinski definition) is 1. The second-order valence-electron chi connectivity index (χ2n) is 7.76. The van der Waals surface area contributed by atoms with Crippen LogP contribution in [0.4, 0.5) is 0 Å². The lowest BCUT2D eigenvalue weighted by atomic mass is 10.0. The van der Waals surface area contributed by atoms with E-state index < -0.39 is 0 Å². The molecule has 0 atom stereocenters. The van der Waals surface area contributed by atoms with E-state index in [4.69, 9.17) is 12.6 Å². The SMILES string of the molecule is C=C/C=C(\SC)c1ccc2c(c1)C=c1ccc(/C(S)=C/C=C/CCCCC)cc1=CC2. The van der Waals surface area contributed by atoms with Gasteiger partial charge in [-0.1, -0.05) is 74.9 Å². The molecule has 0 saturated carbocycles. The summed E-state index contributed by atoms with van der Waals surface area (Å²) >= 11 is 6.50. The predicted molar refractivity (Wildman–Crippen MR) is 146 cm³/mol. The van der Waals surface area contributed by atoms with E-state index in [1.165, 1.54) is 51.3 Å². The number of rotatable bonds is 9. The number of unbranched alkanes of at least 4 members (excludes halogenated alkanes) is 3. The maximum Gasteiger partial charge on any atom is 0.0142 e. The van der Waals surface area contributed by atoms with Gasteiger partial charge in [0.1, 0.15) is 0 Å². The molecule has 0 fully saturated rings. The van der Waals surface area contributed by atoms with Crippen molar-refractivity contribution in [3.63, 3.8) is 0 Å². The van der Waals surface area contributed by atoms with Crippen molar-refractivity contribution < 1.29 is 0 Å². The van der Waals surface area contributed by atoms with E-state index in [2.05, 4.69) is 92.6 Å². The Morgan fingerprint density at radius 3 is 2.68 bits per heavy atom. The highest BCUT2D eigenvalue weighted by molar-refractivity contribution is 8.07. The molecular formula is C29H32S2. The third-order valence-corrected chi connectivity index (χ3v) is 6.74. The molecule has 31 heavy (non-hydrogen) atoms. The lowest BCUT2D eigenvalue weighted by Crippen LogP contribution is -2.24. The Hall–Kier alpha value is -2.16. The Kier molecular flexibility index (Phi) is 9.12. The largest absolute Gasteiger partial charge is 0.143 e. The number of hydrogen-bond acceptors (Lipinski definition) is 2. The minimum atomic E-state index is 0.936. The lowest BCUT2D eigenvalue weighted by molar-refractivity contribution is 0.729. The van der Waals surface area contributed by atoms with Crippen molar-refractivity contribution in [3.05, 3.63) is 106 Å². The summed E-state index contributed by atoms with van der Waals surface area (Å²) < 4.78 is 0. The van der Waals surface area contributed by atoms with Crippen LogP contribution in [0.15, 0.2) is 73.4 Å². The fraction of sp³-hybridized carbons (Fsp3) is 0.241. The first-order chi connectivity index (χ1) is 15.2. The molecule has 0 spiro atoms. The van der Waals surface area contributed by atoms with Gasteiger partial charge in [0.15, 0.2) is 0 Å². The highest BCUT2D eigenvalue weighted by Gasteiger charge is 2.07. The van der Waals surface area contributed by atoms with E-state index in [0.29, 0.717) is 0 Å². The standard InChI is InChI=1S/C29H32S2/c1-4-6-7-8-9-10-12-28(30)25-17-16-24-20-27-21-26(29(31-3)11-5-2)18-14-22(27)13-15-23(24)19-25/h5,9-12,14-21,30H,2,4,6-8,13H2,1,3H3/b10-9+,28-12-,29-11-. The second-order valence-corrected chi connectivity index (χ2v) is 9.09. The van der Waals surface area contributed by atoms with E-state index in [0.717, 1.165) is 23.3 Å². The third kappa shape index (κ3) is 6.41. The fourth-order valence-corrected chi connectivity index (χ4v) is 4.57.